The van der Waals surface area contributed by atoms with Crippen LogP contribution in [0.4, 0.5) is 17.8 Å². The number of nitrogens with zero attached hydrogens (tertiary/aromatic N) is 4. The summed E-state index contributed by atoms with van der Waals surface area (Å²) in [6.07, 6.45) is 4.07. The van der Waals surface area contributed by atoms with Crippen LogP contribution < -0.4 is 15.5 Å². The van der Waals surface area contributed by atoms with Crippen molar-refractivity contribution in [1.29, 1.82) is 0 Å². The van der Waals surface area contributed by atoms with Crippen LogP contribution in [0.15, 0.2) is 0 Å². The van der Waals surface area contributed by atoms with E-state index in [0.717, 1.165) is 32.2 Å². The highest BCUT2D eigenvalue weighted by molar-refractivity contribution is 5.42. The summed E-state index contributed by atoms with van der Waals surface area (Å²) in [5.41, 5.74) is 0. The third-order valence-electron chi connectivity index (χ3n) is 2.62. The van der Waals surface area contributed by atoms with E-state index in [9.17, 15) is 0 Å². The van der Waals surface area contributed by atoms with Crippen molar-refractivity contribution < 1.29 is 5.11 Å². The Labute approximate surface area is 114 Å². The van der Waals surface area contributed by atoms with E-state index < -0.39 is 0 Å². The van der Waals surface area contributed by atoms with Crippen molar-refractivity contribution >= 4 is 17.8 Å². The molecule has 19 heavy (non-hydrogen) atoms. The second-order valence-electron chi connectivity index (χ2n) is 4.49. The number of rotatable bonds is 9. The molecule has 108 valence electrons. The van der Waals surface area contributed by atoms with Crippen LogP contribution in [0.3, 0.4) is 0 Å². The largest absolute Gasteiger partial charge is 0.396 e. The van der Waals surface area contributed by atoms with Gasteiger partial charge < -0.3 is 20.6 Å². The van der Waals surface area contributed by atoms with Crippen molar-refractivity contribution in [2.75, 3.05) is 49.8 Å². The molecular weight excluding hydrogens is 244 g/mol. The van der Waals surface area contributed by atoms with Gasteiger partial charge in [-0.15, -0.1) is 0 Å². The third kappa shape index (κ3) is 5.69. The molecule has 1 heterocycles. The monoisotopic (exact) mass is 268 g/mol. The molecule has 1 aromatic rings. The Hall–Kier alpha value is -1.63. The molecule has 0 amide bonds. The van der Waals surface area contributed by atoms with Gasteiger partial charge in [-0.2, -0.15) is 15.0 Å². The molecule has 0 bridgehead atoms. The van der Waals surface area contributed by atoms with E-state index >= 15 is 0 Å². The van der Waals surface area contributed by atoms with Crippen molar-refractivity contribution in [3.05, 3.63) is 0 Å². The number of anilines is 3. The van der Waals surface area contributed by atoms with E-state index in [-0.39, 0.29) is 6.61 Å². The molecular formula is C12H24N6O. The molecule has 7 heteroatoms. The van der Waals surface area contributed by atoms with Crippen LogP contribution in [-0.4, -0.2) is 54.4 Å². The van der Waals surface area contributed by atoms with Crippen molar-refractivity contribution in [3.63, 3.8) is 0 Å². The van der Waals surface area contributed by atoms with Crippen LogP contribution >= 0.6 is 0 Å². The molecule has 0 unspecified atom stereocenters. The smallest absolute Gasteiger partial charge is 0.231 e. The van der Waals surface area contributed by atoms with Gasteiger partial charge in [0, 0.05) is 34.3 Å². The molecule has 0 aromatic carbocycles. The van der Waals surface area contributed by atoms with Gasteiger partial charge in [0.15, 0.2) is 0 Å². The minimum Gasteiger partial charge on any atom is -0.396 e. The maximum Gasteiger partial charge on any atom is 0.231 e. The second kappa shape index (κ2) is 8.47. The van der Waals surface area contributed by atoms with E-state index in [0.29, 0.717) is 17.8 Å². The van der Waals surface area contributed by atoms with Gasteiger partial charge in [0.05, 0.1) is 0 Å². The first-order chi connectivity index (χ1) is 9.17. The van der Waals surface area contributed by atoms with Gasteiger partial charge in [0.2, 0.25) is 17.8 Å². The van der Waals surface area contributed by atoms with Crippen molar-refractivity contribution in [2.24, 2.45) is 0 Å². The van der Waals surface area contributed by atoms with E-state index in [2.05, 4.69) is 25.6 Å². The summed E-state index contributed by atoms with van der Waals surface area (Å²) in [5, 5.41) is 14.8. The lowest BCUT2D eigenvalue weighted by Crippen LogP contribution is -2.16. The van der Waals surface area contributed by atoms with Crippen molar-refractivity contribution in [1.82, 2.24) is 15.0 Å². The average molecular weight is 268 g/mol. The van der Waals surface area contributed by atoms with Gasteiger partial charge in [-0.05, 0) is 12.8 Å². The number of hydrogen-bond donors (Lipinski definition) is 3. The van der Waals surface area contributed by atoms with Crippen LogP contribution in [-0.2, 0) is 0 Å². The number of nitrogens with one attached hydrogen (secondary N) is 2. The molecule has 3 N–H and O–H groups in total. The number of aliphatic hydroxyl groups is 1. The van der Waals surface area contributed by atoms with Crippen LogP contribution in [0.25, 0.3) is 0 Å². The lowest BCUT2D eigenvalue weighted by atomic mass is 10.2. The topological polar surface area (TPSA) is 86.2 Å². The summed E-state index contributed by atoms with van der Waals surface area (Å²) in [5.74, 6) is 1.77. The first-order valence-electron chi connectivity index (χ1n) is 6.63. The summed E-state index contributed by atoms with van der Waals surface area (Å²) in [7, 11) is 5.58. The SMILES string of the molecule is CNc1nc(NCCCCCCO)nc(N(C)C)n1. The highest BCUT2D eigenvalue weighted by atomic mass is 16.2. The van der Waals surface area contributed by atoms with Gasteiger partial charge in [-0.25, -0.2) is 0 Å². The van der Waals surface area contributed by atoms with Gasteiger partial charge in [0.1, 0.15) is 0 Å². The minimum atomic E-state index is 0.276. The Morgan fingerprint density at radius 2 is 1.68 bits per heavy atom. The Kier molecular flexibility index (Phi) is 6.88. The maximum atomic E-state index is 8.69. The van der Waals surface area contributed by atoms with E-state index in [1.165, 1.54) is 0 Å². The van der Waals surface area contributed by atoms with Crippen molar-refractivity contribution in [2.45, 2.75) is 25.7 Å². The van der Waals surface area contributed by atoms with Crippen LogP contribution in [0.5, 0.6) is 0 Å². The molecule has 0 aliphatic carbocycles. The Morgan fingerprint density at radius 3 is 2.32 bits per heavy atom. The molecule has 0 aliphatic rings. The third-order valence-corrected chi connectivity index (χ3v) is 2.62. The predicted molar refractivity (Wildman–Crippen MR) is 77.7 cm³/mol. The summed E-state index contributed by atoms with van der Waals surface area (Å²) < 4.78 is 0. The Balaban J connectivity index is 2.46. The number of hydrogen-bond acceptors (Lipinski definition) is 7. The molecule has 1 aromatic heterocycles. The first kappa shape index (κ1) is 15.4. The molecule has 0 spiro atoms. The van der Waals surface area contributed by atoms with E-state index in [4.69, 9.17) is 5.11 Å². The zero-order chi connectivity index (χ0) is 14.1. The number of unbranched alkanes of at least 4 members (excludes halogenated alkanes) is 3. The average Bonchev–Trinajstić information content (AvgIpc) is 2.42. The van der Waals surface area contributed by atoms with E-state index in [1.807, 2.05) is 19.0 Å². The molecule has 0 saturated heterocycles. The van der Waals surface area contributed by atoms with Crippen molar-refractivity contribution in [3.8, 4) is 0 Å². The fourth-order valence-corrected chi connectivity index (χ4v) is 1.55. The first-order valence-corrected chi connectivity index (χ1v) is 6.63. The highest BCUT2D eigenvalue weighted by Crippen LogP contribution is 2.11. The summed E-state index contributed by atoms with van der Waals surface area (Å²) in [6.45, 7) is 1.10. The van der Waals surface area contributed by atoms with Gasteiger partial charge in [-0.1, -0.05) is 12.8 Å². The summed E-state index contributed by atoms with van der Waals surface area (Å²) in [6, 6.07) is 0. The van der Waals surface area contributed by atoms with Gasteiger partial charge in [-0.3, -0.25) is 0 Å². The zero-order valence-corrected chi connectivity index (χ0v) is 12.0. The number of aliphatic hydroxyl groups excluding tert-OH is 1. The molecule has 0 saturated carbocycles. The normalized spacial score (nSPS) is 10.3. The lowest BCUT2D eigenvalue weighted by Gasteiger charge is -2.13. The molecule has 1 rings (SSSR count). The Bertz CT molecular complexity index is 371. The maximum absolute atomic E-state index is 8.69. The lowest BCUT2D eigenvalue weighted by molar-refractivity contribution is 0.283. The molecule has 0 fully saturated rings. The summed E-state index contributed by atoms with van der Waals surface area (Å²) in [4.78, 5) is 14.7. The fourth-order valence-electron chi connectivity index (χ4n) is 1.55. The molecule has 0 aliphatic heterocycles. The van der Waals surface area contributed by atoms with E-state index in [1.54, 1.807) is 7.05 Å². The Morgan fingerprint density at radius 1 is 1.00 bits per heavy atom. The highest BCUT2D eigenvalue weighted by Gasteiger charge is 2.06. The molecule has 0 radical (unpaired) electrons. The number of aromatic nitrogens is 3. The van der Waals surface area contributed by atoms with Gasteiger partial charge in [0.25, 0.3) is 0 Å². The summed E-state index contributed by atoms with van der Waals surface area (Å²) >= 11 is 0. The predicted octanol–water partition coefficient (Wildman–Crippen LogP) is 0.944. The fraction of sp³-hybridized carbons (Fsp3) is 0.750. The molecule has 7 nitrogen and oxygen atoms in total. The quantitative estimate of drug-likeness (QED) is 0.575. The van der Waals surface area contributed by atoms with Gasteiger partial charge >= 0.3 is 0 Å². The second-order valence-corrected chi connectivity index (χ2v) is 4.49. The molecule has 0 atom stereocenters. The standard InChI is InChI=1S/C12H24N6O/c1-13-10-15-11(17-12(16-10)18(2)3)14-8-6-4-5-7-9-19/h19H,4-9H2,1-3H3,(H2,13,14,15,16,17). The zero-order valence-electron chi connectivity index (χ0n) is 12.0. The minimum absolute atomic E-state index is 0.276. The van der Waals surface area contributed by atoms with Crippen LogP contribution in [0, 0.1) is 0 Å². The van der Waals surface area contributed by atoms with Crippen LogP contribution in [0.2, 0.25) is 0 Å². The van der Waals surface area contributed by atoms with Crippen LogP contribution in [0.1, 0.15) is 25.7 Å².